The highest BCUT2D eigenvalue weighted by atomic mass is 79.9. The summed E-state index contributed by atoms with van der Waals surface area (Å²) in [5.41, 5.74) is 2.95. The van der Waals surface area contributed by atoms with E-state index in [1.54, 1.807) is 12.1 Å². The minimum atomic E-state index is 0.0778. The minimum absolute atomic E-state index is 0.0778. The summed E-state index contributed by atoms with van der Waals surface area (Å²) in [6.45, 7) is 3.80. The molecule has 3 nitrogen and oxygen atoms in total. The lowest BCUT2D eigenvalue weighted by Gasteiger charge is -2.04. The molecule has 5 heteroatoms. The summed E-state index contributed by atoms with van der Waals surface area (Å²) in [6, 6.07) is 9.03. The van der Waals surface area contributed by atoms with Crippen LogP contribution in [0.5, 0.6) is 5.75 Å². The molecule has 0 heterocycles. The smallest absolute Gasteiger partial charge is 0.157 e. The Morgan fingerprint density at radius 3 is 2.53 bits per heavy atom. The van der Waals surface area contributed by atoms with E-state index in [1.807, 2.05) is 32.0 Å². The van der Waals surface area contributed by atoms with E-state index in [2.05, 4.69) is 26.2 Å². The second-order valence-electron chi connectivity index (χ2n) is 4.20. The molecule has 0 aromatic heterocycles. The van der Waals surface area contributed by atoms with E-state index in [0.717, 1.165) is 11.1 Å². The SMILES string of the molecule is Cc1cc(Br)c(O)c(N=Nc2cccc(Cl)c2C)c1. The first-order chi connectivity index (χ1) is 8.99. The van der Waals surface area contributed by atoms with Crippen LogP contribution in [0.4, 0.5) is 11.4 Å². The normalized spacial score (nSPS) is 11.2. The fraction of sp³-hybridized carbons (Fsp3) is 0.143. The van der Waals surface area contributed by atoms with Gasteiger partial charge >= 0.3 is 0 Å². The summed E-state index contributed by atoms with van der Waals surface area (Å²) in [5, 5.41) is 18.8. The highest BCUT2D eigenvalue weighted by Gasteiger charge is 2.06. The van der Waals surface area contributed by atoms with Gasteiger partial charge in [0.1, 0.15) is 5.69 Å². The molecule has 0 bridgehead atoms. The van der Waals surface area contributed by atoms with E-state index in [1.165, 1.54) is 0 Å². The molecule has 0 saturated carbocycles. The number of aromatic hydroxyl groups is 1. The number of phenols is 1. The molecule has 0 fully saturated rings. The zero-order valence-corrected chi connectivity index (χ0v) is 12.8. The van der Waals surface area contributed by atoms with Gasteiger partial charge in [-0.3, -0.25) is 0 Å². The molecule has 2 aromatic carbocycles. The first kappa shape index (κ1) is 14.0. The van der Waals surface area contributed by atoms with Crippen molar-refractivity contribution in [2.24, 2.45) is 10.2 Å². The van der Waals surface area contributed by atoms with E-state index in [-0.39, 0.29) is 5.75 Å². The van der Waals surface area contributed by atoms with E-state index >= 15 is 0 Å². The van der Waals surface area contributed by atoms with Gasteiger partial charge in [-0.1, -0.05) is 17.7 Å². The Labute approximate surface area is 125 Å². The molecule has 0 amide bonds. The fourth-order valence-electron chi connectivity index (χ4n) is 1.60. The number of azo groups is 1. The maximum absolute atomic E-state index is 9.90. The molecular formula is C14H12BrClN2O. The molecule has 0 spiro atoms. The van der Waals surface area contributed by atoms with Crippen LogP contribution in [0, 0.1) is 13.8 Å². The predicted octanol–water partition coefficient (Wildman–Crippen LogP) is 5.84. The Morgan fingerprint density at radius 1 is 1.11 bits per heavy atom. The molecule has 0 radical (unpaired) electrons. The Balaban J connectivity index is 2.41. The third-order valence-electron chi connectivity index (χ3n) is 2.69. The highest BCUT2D eigenvalue weighted by Crippen LogP contribution is 2.36. The lowest BCUT2D eigenvalue weighted by Crippen LogP contribution is -1.77. The van der Waals surface area contributed by atoms with Gasteiger partial charge in [0.15, 0.2) is 5.75 Å². The fourth-order valence-corrected chi connectivity index (χ4v) is 2.34. The quantitative estimate of drug-likeness (QED) is 0.686. The summed E-state index contributed by atoms with van der Waals surface area (Å²) in [7, 11) is 0. The molecule has 98 valence electrons. The van der Waals surface area contributed by atoms with Crippen LogP contribution >= 0.6 is 27.5 Å². The van der Waals surface area contributed by atoms with Gasteiger partial charge in [-0.2, -0.15) is 5.11 Å². The monoisotopic (exact) mass is 338 g/mol. The van der Waals surface area contributed by atoms with E-state index in [4.69, 9.17) is 11.6 Å². The number of rotatable bonds is 2. The average molecular weight is 340 g/mol. The molecule has 1 N–H and O–H groups in total. The summed E-state index contributed by atoms with van der Waals surface area (Å²) in [4.78, 5) is 0. The van der Waals surface area contributed by atoms with Crippen molar-refractivity contribution < 1.29 is 5.11 Å². The van der Waals surface area contributed by atoms with E-state index in [9.17, 15) is 5.11 Å². The van der Waals surface area contributed by atoms with E-state index in [0.29, 0.717) is 20.9 Å². The minimum Gasteiger partial charge on any atom is -0.505 e. The molecule has 0 aliphatic carbocycles. The second kappa shape index (κ2) is 5.72. The Hall–Kier alpha value is -1.39. The third-order valence-corrected chi connectivity index (χ3v) is 3.71. The molecular weight excluding hydrogens is 328 g/mol. The van der Waals surface area contributed by atoms with Gasteiger partial charge in [0.2, 0.25) is 0 Å². The van der Waals surface area contributed by atoms with Gasteiger partial charge in [-0.15, -0.1) is 5.11 Å². The largest absolute Gasteiger partial charge is 0.505 e. The number of hydrogen-bond acceptors (Lipinski definition) is 3. The second-order valence-corrected chi connectivity index (χ2v) is 5.46. The topological polar surface area (TPSA) is 45.0 Å². The van der Waals surface area contributed by atoms with Crippen LogP contribution < -0.4 is 0 Å². The first-order valence-corrected chi connectivity index (χ1v) is 6.82. The molecule has 0 unspecified atom stereocenters. The zero-order chi connectivity index (χ0) is 14.0. The van der Waals surface area contributed by atoms with Crippen molar-refractivity contribution in [1.82, 2.24) is 0 Å². The molecule has 19 heavy (non-hydrogen) atoms. The molecule has 0 aliphatic rings. The molecule has 0 aliphatic heterocycles. The standard InChI is InChI=1S/C14H12BrClN2O/c1-8-6-10(15)14(19)13(7-8)18-17-12-5-3-4-11(16)9(12)2/h3-7,19H,1-2H3. The number of halogens is 2. The van der Waals surface area contributed by atoms with Crippen LogP contribution in [-0.2, 0) is 0 Å². The van der Waals surface area contributed by atoms with Crippen molar-refractivity contribution in [2.45, 2.75) is 13.8 Å². The summed E-state index contributed by atoms with van der Waals surface area (Å²) < 4.78 is 0.601. The van der Waals surface area contributed by atoms with Crippen molar-refractivity contribution >= 4 is 38.9 Å². The Bertz CT molecular complexity index is 656. The van der Waals surface area contributed by atoms with Crippen LogP contribution in [0.2, 0.25) is 5.02 Å². The number of aryl methyl sites for hydroxylation is 1. The van der Waals surface area contributed by atoms with Crippen molar-refractivity contribution in [3.05, 3.63) is 51.0 Å². The Morgan fingerprint density at radius 2 is 1.79 bits per heavy atom. The van der Waals surface area contributed by atoms with Gasteiger partial charge in [0.05, 0.1) is 10.2 Å². The maximum atomic E-state index is 9.90. The number of hydrogen-bond donors (Lipinski definition) is 1. The zero-order valence-electron chi connectivity index (χ0n) is 10.5. The number of phenolic OH excluding ortho intramolecular Hbond substituents is 1. The van der Waals surface area contributed by atoms with Crippen LogP contribution in [-0.4, -0.2) is 5.11 Å². The third kappa shape index (κ3) is 3.14. The van der Waals surface area contributed by atoms with Crippen molar-refractivity contribution in [3.8, 4) is 5.75 Å². The molecule has 0 saturated heterocycles. The number of benzene rings is 2. The van der Waals surface area contributed by atoms with Crippen molar-refractivity contribution in [2.75, 3.05) is 0 Å². The summed E-state index contributed by atoms with van der Waals surface area (Å²) >= 11 is 9.30. The maximum Gasteiger partial charge on any atom is 0.157 e. The predicted molar refractivity (Wildman–Crippen MR) is 80.9 cm³/mol. The van der Waals surface area contributed by atoms with Gasteiger partial charge in [0, 0.05) is 5.02 Å². The van der Waals surface area contributed by atoms with Gasteiger partial charge < -0.3 is 5.11 Å². The lowest BCUT2D eigenvalue weighted by atomic mass is 10.2. The van der Waals surface area contributed by atoms with Gasteiger partial charge in [-0.05, 0) is 65.2 Å². The lowest BCUT2D eigenvalue weighted by molar-refractivity contribution is 0.473. The molecule has 2 aromatic rings. The van der Waals surface area contributed by atoms with Crippen LogP contribution in [0.3, 0.4) is 0 Å². The Kier molecular flexibility index (Phi) is 4.22. The summed E-state index contributed by atoms with van der Waals surface area (Å²) in [5.74, 6) is 0.0778. The van der Waals surface area contributed by atoms with E-state index < -0.39 is 0 Å². The molecule has 0 atom stereocenters. The van der Waals surface area contributed by atoms with Crippen LogP contribution in [0.15, 0.2) is 45.0 Å². The van der Waals surface area contributed by atoms with Gasteiger partial charge in [-0.25, -0.2) is 0 Å². The summed E-state index contributed by atoms with van der Waals surface area (Å²) in [6.07, 6.45) is 0. The average Bonchev–Trinajstić information content (AvgIpc) is 2.36. The van der Waals surface area contributed by atoms with Crippen LogP contribution in [0.25, 0.3) is 0 Å². The van der Waals surface area contributed by atoms with Crippen LogP contribution in [0.1, 0.15) is 11.1 Å². The van der Waals surface area contributed by atoms with Gasteiger partial charge in [0.25, 0.3) is 0 Å². The van der Waals surface area contributed by atoms with Crippen molar-refractivity contribution in [1.29, 1.82) is 0 Å². The highest BCUT2D eigenvalue weighted by molar-refractivity contribution is 9.10. The number of nitrogens with zero attached hydrogens (tertiary/aromatic N) is 2. The van der Waals surface area contributed by atoms with Crippen molar-refractivity contribution in [3.63, 3.8) is 0 Å². The molecule has 2 rings (SSSR count). The first-order valence-electron chi connectivity index (χ1n) is 5.65.